The first-order chi connectivity index (χ1) is 10.7. The Morgan fingerprint density at radius 1 is 1.00 bits per heavy atom. The van der Waals surface area contributed by atoms with E-state index in [1.165, 1.54) is 11.1 Å². The summed E-state index contributed by atoms with van der Waals surface area (Å²) in [5.74, 6) is 1.06. The molecule has 22 heavy (non-hydrogen) atoms. The second kappa shape index (κ2) is 6.53. The molecule has 1 heterocycles. The zero-order valence-electron chi connectivity index (χ0n) is 13.6. The molecule has 116 valence electrons. The highest BCUT2D eigenvalue weighted by Gasteiger charge is 2.37. The maximum absolute atomic E-state index is 6.57. The first kappa shape index (κ1) is 15.1. The average Bonchev–Trinajstić information content (AvgIpc) is 2.55. The Morgan fingerprint density at radius 2 is 1.73 bits per heavy atom. The van der Waals surface area contributed by atoms with Crippen molar-refractivity contribution in [1.29, 1.82) is 0 Å². The van der Waals surface area contributed by atoms with Gasteiger partial charge in [0.15, 0.2) is 0 Å². The summed E-state index contributed by atoms with van der Waals surface area (Å²) in [7, 11) is 4.26. The van der Waals surface area contributed by atoms with Crippen molar-refractivity contribution in [3.05, 3.63) is 65.7 Å². The summed E-state index contributed by atoms with van der Waals surface area (Å²) in [6.07, 6.45) is 4.35. The number of hydrogen-bond donors (Lipinski definition) is 0. The van der Waals surface area contributed by atoms with Crippen molar-refractivity contribution < 1.29 is 4.74 Å². The van der Waals surface area contributed by atoms with Gasteiger partial charge in [-0.1, -0.05) is 48.5 Å². The summed E-state index contributed by atoms with van der Waals surface area (Å²) in [4.78, 5) is 2.25. The highest BCUT2D eigenvalue weighted by molar-refractivity contribution is 5.38. The van der Waals surface area contributed by atoms with Crippen molar-refractivity contribution in [1.82, 2.24) is 4.90 Å². The molecule has 0 aliphatic carbocycles. The number of hydrogen-bond acceptors (Lipinski definition) is 2. The Hall–Kier alpha value is -1.80. The van der Waals surface area contributed by atoms with Crippen molar-refractivity contribution in [2.45, 2.75) is 31.3 Å². The molecule has 2 nitrogen and oxygen atoms in total. The van der Waals surface area contributed by atoms with E-state index in [9.17, 15) is 0 Å². The third-order valence-electron chi connectivity index (χ3n) is 4.56. The predicted molar refractivity (Wildman–Crippen MR) is 91.3 cm³/mol. The maximum Gasteiger partial charge on any atom is 0.134 e. The molecule has 1 unspecified atom stereocenters. The Balaban J connectivity index is 1.88. The fourth-order valence-corrected chi connectivity index (χ4v) is 3.35. The second-order valence-electron chi connectivity index (χ2n) is 6.48. The average molecular weight is 295 g/mol. The summed E-state index contributed by atoms with van der Waals surface area (Å²) in [5, 5.41) is 0. The molecule has 0 aromatic heterocycles. The predicted octanol–water partition coefficient (Wildman–Crippen LogP) is 4.25. The summed E-state index contributed by atoms with van der Waals surface area (Å²) < 4.78 is 6.57. The van der Waals surface area contributed by atoms with E-state index in [-0.39, 0.29) is 5.60 Å². The summed E-state index contributed by atoms with van der Waals surface area (Å²) in [5.41, 5.74) is 2.47. The quantitative estimate of drug-likeness (QED) is 0.817. The van der Waals surface area contributed by atoms with Gasteiger partial charge in [-0.2, -0.15) is 0 Å². The van der Waals surface area contributed by atoms with E-state index in [1.54, 1.807) is 0 Å². The summed E-state index contributed by atoms with van der Waals surface area (Å²) >= 11 is 0. The molecule has 1 aliphatic heterocycles. The van der Waals surface area contributed by atoms with Crippen LogP contribution < -0.4 is 4.74 Å². The Kier molecular flexibility index (Phi) is 4.49. The molecule has 1 aliphatic rings. The number of benzene rings is 2. The minimum atomic E-state index is -0.175. The lowest BCUT2D eigenvalue weighted by Gasteiger charge is -2.39. The molecule has 2 heteroatoms. The van der Waals surface area contributed by atoms with E-state index in [1.807, 2.05) is 0 Å². The molecular formula is C20H25NO. The zero-order chi connectivity index (χ0) is 15.4. The first-order valence-electron chi connectivity index (χ1n) is 8.17. The molecular weight excluding hydrogens is 270 g/mol. The van der Waals surface area contributed by atoms with E-state index in [4.69, 9.17) is 4.74 Å². The van der Waals surface area contributed by atoms with Gasteiger partial charge >= 0.3 is 0 Å². The number of aryl methyl sites for hydroxylation is 1. The van der Waals surface area contributed by atoms with Gasteiger partial charge in [0.05, 0.1) is 0 Å². The highest BCUT2D eigenvalue weighted by Crippen LogP contribution is 2.42. The molecule has 0 radical (unpaired) electrons. The number of ether oxygens (including phenoxy) is 1. The molecule has 0 saturated carbocycles. The minimum absolute atomic E-state index is 0.175. The Labute approximate surface area is 133 Å². The van der Waals surface area contributed by atoms with Gasteiger partial charge in [-0.05, 0) is 63.5 Å². The largest absolute Gasteiger partial charge is 0.482 e. The van der Waals surface area contributed by atoms with Crippen LogP contribution in [0.25, 0.3) is 0 Å². The molecule has 1 atom stereocenters. The van der Waals surface area contributed by atoms with E-state index in [2.05, 4.69) is 73.6 Å². The number of fused-ring (bicyclic) bond motifs is 1. The van der Waals surface area contributed by atoms with Crippen LogP contribution in [-0.2, 0) is 12.0 Å². The van der Waals surface area contributed by atoms with Crippen LogP contribution in [0.3, 0.4) is 0 Å². The molecule has 0 amide bonds. The number of para-hydroxylation sites is 1. The van der Waals surface area contributed by atoms with Crippen LogP contribution >= 0.6 is 0 Å². The van der Waals surface area contributed by atoms with E-state index < -0.39 is 0 Å². The molecule has 0 N–H and O–H groups in total. The molecule has 2 aromatic rings. The first-order valence-corrected chi connectivity index (χ1v) is 8.17. The van der Waals surface area contributed by atoms with Gasteiger partial charge in [0.1, 0.15) is 11.4 Å². The van der Waals surface area contributed by atoms with Crippen LogP contribution in [-0.4, -0.2) is 25.5 Å². The van der Waals surface area contributed by atoms with Crippen LogP contribution in [0.5, 0.6) is 5.75 Å². The maximum atomic E-state index is 6.57. The van der Waals surface area contributed by atoms with Crippen LogP contribution in [0.2, 0.25) is 0 Å². The minimum Gasteiger partial charge on any atom is -0.482 e. The Bertz CT molecular complexity index is 608. The zero-order valence-corrected chi connectivity index (χ0v) is 13.6. The lowest BCUT2D eigenvalue weighted by Crippen LogP contribution is -2.37. The van der Waals surface area contributed by atoms with Gasteiger partial charge in [-0.25, -0.2) is 0 Å². The molecule has 0 saturated heterocycles. The van der Waals surface area contributed by atoms with E-state index >= 15 is 0 Å². The number of rotatable bonds is 5. The summed E-state index contributed by atoms with van der Waals surface area (Å²) in [6.45, 7) is 1.10. The van der Waals surface area contributed by atoms with Crippen molar-refractivity contribution in [3.63, 3.8) is 0 Å². The molecule has 3 rings (SSSR count). The summed E-state index contributed by atoms with van der Waals surface area (Å²) in [6, 6.07) is 19.2. The monoisotopic (exact) mass is 295 g/mol. The van der Waals surface area contributed by atoms with Crippen LogP contribution in [0.1, 0.15) is 30.4 Å². The van der Waals surface area contributed by atoms with Crippen molar-refractivity contribution in [2.24, 2.45) is 0 Å². The van der Waals surface area contributed by atoms with Crippen molar-refractivity contribution >= 4 is 0 Å². The fourth-order valence-electron chi connectivity index (χ4n) is 3.35. The molecule has 0 spiro atoms. The van der Waals surface area contributed by atoms with Gasteiger partial charge in [0, 0.05) is 0 Å². The smallest absolute Gasteiger partial charge is 0.134 e. The highest BCUT2D eigenvalue weighted by atomic mass is 16.5. The molecule has 0 bridgehead atoms. The van der Waals surface area contributed by atoms with Gasteiger partial charge < -0.3 is 9.64 Å². The lowest BCUT2D eigenvalue weighted by molar-refractivity contribution is 0.0301. The van der Waals surface area contributed by atoms with E-state index in [0.717, 1.165) is 38.0 Å². The Morgan fingerprint density at radius 3 is 2.50 bits per heavy atom. The lowest BCUT2D eigenvalue weighted by atomic mass is 9.81. The van der Waals surface area contributed by atoms with Gasteiger partial charge in [-0.3, -0.25) is 0 Å². The van der Waals surface area contributed by atoms with Crippen molar-refractivity contribution in [2.75, 3.05) is 20.6 Å². The van der Waals surface area contributed by atoms with Gasteiger partial charge in [-0.15, -0.1) is 0 Å². The van der Waals surface area contributed by atoms with Crippen molar-refractivity contribution in [3.8, 4) is 5.75 Å². The third kappa shape index (κ3) is 3.17. The standard InChI is InChI=1S/C20H25NO/c1-21(2)16-8-14-20(18-10-4-3-5-11-18)15-13-17-9-6-7-12-19(17)22-20/h3-7,9-12H,8,13-16H2,1-2H3. The molecule has 0 fully saturated rings. The fraction of sp³-hybridized carbons (Fsp3) is 0.400. The van der Waals surface area contributed by atoms with Gasteiger partial charge in [0.2, 0.25) is 0 Å². The normalized spacial score (nSPS) is 20.5. The van der Waals surface area contributed by atoms with Gasteiger partial charge in [0.25, 0.3) is 0 Å². The topological polar surface area (TPSA) is 12.5 Å². The third-order valence-corrected chi connectivity index (χ3v) is 4.56. The van der Waals surface area contributed by atoms with Crippen LogP contribution in [0, 0.1) is 0 Å². The number of nitrogens with zero attached hydrogens (tertiary/aromatic N) is 1. The van der Waals surface area contributed by atoms with Crippen LogP contribution in [0.4, 0.5) is 0 Å². The second-order valence-corrected chi connectivity index (χ2v) is 6.48. The van der Waals surface area contributed by atoms with E-state index in [0.29, 0.717) is 0 Å². The van der Waals surface area contributed by atoms with Crippen LogP contribution in [0.15, 0.2) is 54.6 Å². The molecule has 2 aromatic carbocycles. The SMILES string of the molecule is CN(C)CCCC1(c2ccccc2)CCc2ccccc2O1.